The zero-order chi connectivity index (χ0) is 14.0. The van der Waals surface area contributed by atoms with Crippen LogP contribution in [0.1, 0.15) is 22.8 Å². The van der Waals surface area contributed by atoms with Crippen LogP contribution in [0.25, 0.3) is 0 Å². The minimum atomic E-state index is -1.12. The lowest BCUT2D eigenvalue weighted by atomic mass is 9.98. The highest BCUT2D eigenvalue weighted by atomic mass is 16.7. The highest BCUT2D eigenvalue weighted by molar-refractivity contribution is 5.94. The van der Waals surface area contributed by atoms with Crippen molar-refractivity contribution < 1.29 is 28.8 Å². The Kier molecular flexibility index (Phi) is 3.64. The third-order valence-electron chi connectivity index (χ3n) is 3.09. The lowest BCUT2D eigenvalue weighted by Crippen LogP contribution is -2.26. The van der Waals surface area contributed by atoms with Gasteiger partial charge in [0.15, 0.2) is 17.3 Å². The summed E-state index contributed by atoms with van der Waals surface area (Å²) in [4.78, 5) is 11.5. The van der Waals surface area contributed by atoms with Gasteiger partial charge in [0.1, 0.15) is 5.56 Å². The van der Waals surface area contributed by atoms with Gasteiger partial charge in [0, 0.05) is 5.56 Å². The summed E-state index contributed by atoms with van der Waals surface area (Å²) in [5.74, 6) is -1.68. The molecule has 1 saturated heterocycles. The maximum atomic E-state index is 11.5. The first kappa shape index (κ1) is 13.6. The molecular weight excluding hydrogens is 252 g/mol. The van der Waals surface area contributed by atoms with Gasteiger partial charge >= 0.3 is 5.97 Å². The number of rotatable bonds is 4. The molecule has 1 aliphatic heterocycles. The third kappa shape index (κ3) is 2.24. The summed E-state index contributed by atoms with van der Waals surface area (Å²) in [6, 6.07) is 3.26. The predicted molar refractivity (Wildman–Crippen MR) is 65.8 cm³/mol. The van der Waals surface area contributed by atoms with Crippen LogP contribution in [0.2, 0.25) is 0 Å². The zero-order valence-corrected chi connectivity index (χ0v) is 11.1. The van der Waals surface area contributed by atoms with Crippen molar-refractivity contribution in [2.75, 3.05) is 27.4 Å². The van der Waals surface area contributed by atoms with Crippen molar-refractivity contribution in [3.63, 3.8) is 0 Å². The van der Waals surface area contributed by atoms with Crippen LogP contribution < -0.4 is 9.47 Å². The normalized spacial score (nSPS) is 17.2. The van der Waals surface area contributed by atoms with E-state index < -0.39 is 11.8 Å². The summed E-state index contributed by atoms with van der Waals surface area (Å²) in [5.41, 5.74) is 0.404. The first-order valence-electron chi connectivity index (χ1n) is 5.80. The Labute approximate surface area is 110 Å². The molecule has 1 aromatic rings. The lowest BCUT2D eigenvalue weighted by molar-refractivity contribution is -0.150. The van der Waals surface area contributed by atoms with E-state index in [-0.39, 0.29) is 11.3 Å². The van der Waals surface area contributed by atoms with E-state index in [1.165, 1.54) is 14.2 Å². The number of hydrogen-bond donors (Lipinski definition) is 1. The number of hydrogen-bond acceptors (Lipinski definition) is 5. The monoisotopic (exact) mass is 268 g/mol. The molecule has 1 heterocycles. The fourth-order valence-electron chi connectivity index (χ4n) is 2.19. The van der Waals surface area contributed by atoms with E-state index in [0.29, 0.717) is 24.5 Å². The maximum Gasteiger partial charge on any atom is 0.340 e. The summed E-state index contributed by atoms with van der Waals surface area (Å²) in [5, 5.41) is 9.43. The quantitative estimate of drug-likeness (QED) is 0.894. The summed E-state index contributed by atoms with van der Waals surface area (Å²) < 4.78 is 21.3. The first-order chi connectivity index (χ1) is 9.03. The van der Waals surface area contributed by atoms with Gasteiger partial charge in [0.05, 0.1) is 27.4 Å². The minimum absolute atomic E-state index is 0.00810. The van der Waals surface area contributed by atoms with Crippen molar-refractivity contribution in [3.05, 3.63) is 23.3 Å². The summed E-state index contributed by atoms with van der Waals surface area (Å²) >= 11 is 0. The Balaban J connectivity index is 2.64. The average Bonchev–Trinajstić information content (AvgIpc) is 2.84. The maximum absolute atomic E-state index is 11.5. The van der Waals surface area contributed by atoms with Crippen molar-refractivity contribution in [1.82, 2.24) is 0 Å². The molecule has 1 aromatic carbocycles. The molecule has 0 aliphatic carbocycles. The predicted octanol–water partition coefficient (Wildman–Crippen LogP) is 1.62. The summed E-state index contributed by atoms with van der Waals surface area (Å²) in [7, 11) is 2.85. The summed E-state index contributed by atoms with van der Waals surface area (Å²) in [6.45, 7) is 2.53. The first-order valence-corrected chi connectivity index (χ1v) is 5.80. The minimum Gasteiger partial charge on any atom is -0.493 e. The van der Waals surface area contributed by atoms with Crippen molar-refractivity contribution in [1.29, 1.82) is 0 Å². The highest BCUT2D eigenvalue weighted by Crippen LogP contribution is 2.41. The molecule has 0 amide bonds. The second-order valence-corrected chi connectivity index (χ2v) is 4.17. The molecule has 0 aromatic heterocycles. The van der Waals surface area contributed by atoms with Gasteiger partial charge in [-0.05, 0) is 19.1 Å². The van der Waals surface area contributed by atoms with Crippen LogP contribution in [0.5, 0.6) is 11.5 Å². The van der Waals surface area contributed by atoms with Gasteiger partial charge in [-0.15, -0.1) is 0 Å². The van der Waals surface area contributed by atoms with Crippen LogP contribution in [0.15, 0.2) is 12.1 Å². The number of carbonyl (C=O) groups is 1. The number of carboxylic acid groups (broad SMARTS) is 1. The molecule has 1 N–H and O–H groups in total. The molecule has 1 aliphatic rings. The smallest absolute Gasteiger partial charge is 0.340 e. The van der Waals surface area contributed by atoms with E-state index in [1.807, 2.05) is 0 Å². The standard InChI is InChI=1S/C13H16O6/c1-13(18-6-7-19-13)8-4-5-9(16-2)11(17-3)10(8)12(14)15/h4-5H,6-7H2,1-3H3,(H,14,15). The highest BCUT2D eigenvalue weighted by Gasteiger charge is 2.38. The molecule has 0 atom stereocenters. The van der Waals surface area contributed by atoms with Crippen molar-refractivity contribution in [2.24, 2.45) is 0 Å². The van der Waals surface area contributed by atoms with Crippen LogP contribution in [0.3, 0.4) is 0 Å². The van der Waals surface area contributed by atoms with Gasteiger partial charge in [0.25, 0.3) is 0 Å². The second kappa shape index (κ2) is 5.07. The van der Waals surface area contributed by atoms with E-state index in [1.54, 1.807) is 19.1 Å². The summed E-state index contributed by atoms with van der Waals surface area (Å²) in [6.07, 6.45) is 0. The molecule has 0 bridgehead atoms. The van der Waals surface area contributed by atoms with Gasteiger partial charge < -0.3 is 24.1 Å². The van der Waals surface area contributed by atoms with Crippen LogP contribution in [0, 0.1) is 0 Å². The Bertz CT molecular complexity index is 490. The van der Waals surface area contributed by atoms with Gasteiger partial charge in [-0.3, -0.25) is 0 Å². The second-order valence-electron chi connectivity index (χ2n) is 4.17. The Morgan fingerprint density at radius 1 is 1.26 bits per heavy atom. The van der Waals surface area contributed by atoms with E-state index in [2.05, 4.69) is 0 Å². The van der Waals surface area contributed by atoms with Gasteiger partial charge in [0.2, 0.25) is 0 Å². The topological polar surface area (TPSA) is 74.2 Å². The molecule has 2 rings (SSSR count). The van der Waals surface area contributed by atoms with Crippen LogP contribution in [0.4, 0.5) is 0 Å². The number of benzene rings is 1. The Morgan fingerprint density at radius 3 is 2.37 bits per heavy atom. The Hall–Kier alpha value is -1.79. The van der Waals surface area contributed by atoms with Crippen molar-refractivity contribution in [3.8, 4) is 11.5 Å². The largest absolute Gasteiger partial charge is 0.493 e. The van der Waals surface area contributed by atoms with Gasteiger partial charge in [-0.1, -0.05) is 0 Å². The van der Waals surface area contributed by atoms with E-state index in [9.17, 15) is 9.90 Å². The van der Waals surface area contributed by atoms with E-state index in [0.717, 1.165) is 0 Å². The van der Waals surface area contributed by atoms with Crippen LogP contribution in [-0.2, 0) is 15.3 Å². The fourth-order valence-corrected chi connectivity index (χ4v) is 2.19. The number of ether oxygens (including phenoxy) is 4. The lowest BCUT2D eigenvalue weighted by Gasteiger charge is -2.25. The molecule has 6 nitrogen and oxygen atoms in total. The Morgan fingerprint density at radius 2 is 1.89 bits per heavy atom. The van der Waals surface area contributed by atoms with Crippen molar-refractivity contribution in [2.45, 2.75) is 12.7 Å². The van der Waals surface area contributed by atoms with Crippen LogP contribution in [-0.4, -0.2) is 38.5 Å². The molecular formula is C13H16O6. The van der Waals surface area contributed by atoms with Gasteiger partial charge in [-0.25, -0.2) is 4.79 Å². The average molecular weight is 268 g/mol. The molecule has 1 fully saturated rings. The molecule has 19 heavy (non-hydrogen) atoms. The van der Waals surface area contributed by atoms with Crippen LogP contribution >= 0.6 is 0 Å². The molecule has 0 radical (unpaired) electrons. The fraction of sp³-hybridized carbons (Fsp3) is 0.462. The van der Waals surface area contributed by atoms with Gasteiger partial charge in [-0.2, -0.15) is 0 Å². The number of methoxy groups -OCH3 is 2. The molecule has 6 heteroatoms. The van der Waals surface area contributed by atoms with Crippen molar-refractivity contribution >= 4 is 5.97 Å². The molecule has 0 unspecified atom stereocenters. The molecule has 0 spiro atoms. The SMILES string of the molecule is COc1ccc(C2(C)OCCO2)c(C(=O)O)c1OC. The van der Waals surface area contributed by atoms with E-state index >= 15 is 0 Å². The third-order valence-corrected chi connectivity index (χ3v) is 3.09. The van der Waals surface area contributed by atoms with E-state index in [4.69, 9.17) is 18.9 Å². The number of carboxylic acids is 1. The number of aromatic carboxylic acids is 1. The molecule has 104 valence electrons. The zero-order valence-electron chi connectivity index (χ0n) is 11.1. The molecule has 0 saturated carbocycles.